The number of para-hydroxylation sites is 1. The van der Waals surface area contributed by atoms with E-state index >= 15 is 0 Å². The Labute approximate surface area is 174 Å². The molecule has 3 aromatic rings. The number of guanidine groups is 1. The summed E-state index contributed by atoms with van der Waals surface area (Å²) in [5.74, 6) is 0.502. The van der Waals surface area contributed by atoms with Crippen LogP contribution in [0, 0.1) is 6.92 Å². The molecule has 4 rings (SSSR count). The Morgan fingerprint density at radius 1 is 1.13 bits per heavy atom. The number of aryl methyl sites for hydroxylation is 1. The van der Waals surface area contributed by atoms with E-state index in [2.05, 4.69) is 50.7 Å². The second-order valence-corrected chi connectivity index (χ2v) is 6.90. The van der Waals surface area contributed by atoms with Gasteiger partial charge >= 0.3 is 0 Å². The van der Waals surface area contributed by atoms with Crippen molar-refractivity contribution in [2.45, 2.75) is 13.3 Å². The highest BCUT2D eigenvalue weighted by molar-refractivity contribution is 6.05. The number of benzene rings is 2. The topological polar surface area (TPSA) is 96.2 Å². The predicted molar refractivity (Wildman–Crippen MR) is 118 cm³/mol. The normalized spacial score (nSPS) is 14.0. The van der Waals surface area contributed by atoms with Crippen LogP contribution in [0.15, 0.2) is 66.4 Å². The molecule has 8 heteroatoms. The first-order valence-corrected chi connectivity index (χ1v) is 9.75. The number of aliphatic imine (C=N–C) groups is 1. The minimum Gasteiger partial charge on any atom is -0.352 e. The number of carbonyl (C=O) groups excluding carboxylic acids is 1. The summed E-state index contributed by atoms with van der Waals surface area (Å²) in [6.07, 6.45) is 3.86. The molecule has 3 N–H and O–H groups in total. The fourth-order valence-electron chi connectivity index (χ4n) is 3.36. The first-order chi connectivity index (χ1) is 14.6. The Hall–Kier alpha value is -3.94. The molecule has 0 radical (unpaired) electrons. The van der Waals surface area contributed by atoms with Crippen LogP contribution in [0.2, 0.25) is 0 Å². The number of nitrogens with one attached hydrogen (secondary N) is 3. The van der Waals surface area contributed by atoms with Gasteiger partial charge in [0.15, 0.2) is 5.96 Å². The molecular formula is C22H23N7O. The maximum Gasteiger partial charge on any atom is 0.253 e. The lowest BCUT2D eigenvalue weighted by molar-refractivity contribution is 0.0953. The van der Waals surface area contributed by atoms with E-state index < -0.39 is 0 Å². The predicted octanol–water partition coefficient (Wildman–Crippen LogP) is 2.74. The van der Waals surface area contributed by atoms with E-state index in [1.54, 1.807) is 18.5 Å². The molecule has 1 aliphatic rings. The van der Waals surface area contributed by atoms with Crippen molar-refractivity contribution >= 4 is 23.3 Å². The molecule has 0 atom stereocenters. The molecule has 2 aromatic carbocycles. The number of rotatable bonds is 6. The quantitative estimate of drug-likeness (QED) is 0.552. The molecule has 0 fully saturated rings. The maximum absolute atomic E-state index is 12.6. The highest BCUT2D eigenvalue weighted by Crippen LogP contribution is 2.27. The number of aromatic nitrogens is 3. The molecule has 152 valence electrons. The second kappa shape index (κ2) is 8.60. The minimum absolute atomic E-state index is 0.165. The van der Waals surface area contributed by atoms with E-state index in [4.69, 9.17) is 0 Å². The zero-order valence-corrected chi connectivity index (χ0v) is 16.7. The molecule has 0 saturated heterocycles. The van der Waals surface area contributed by atoms with Gasteiger partial charge in [0.1, 0.15) is 0 Å². The van der Waals surface area contributed by atoms with Crippen molar-refractivity contribution in [3.8, 4) is 5.69 Å². The van der Waals surface area contributed by atoms with Crippen molar-refractivity contribution in [3.05, 3.63) is 78.1 Å². The summed E-state index contributed by atoms with van der Waals surface area (Å²) in [5.41, 5.74) is 5.23. The zero-order chi connectivity index (χ0) is 20.9. The maximum atomic E-state index is 12.6. The van der Waals surface area contributed by atoms with Gasteiger partial charge in [0.2, 0.25) is 0 Å². The summed E-state index contributed by atoms with van der Waals surface area (Å²) < 4.78 is 0. The Balaban J connectivity index is 1.31. The summed E-state index contributed by atoms with van der Waals surface area (Å²) in [5, 5.41) is 17.6. The molecular weight excluding hydrogens is 378 g/mol. The van der Waals surface area contributed by atoms with Crippen LogP contribution in [0.5, 0.6) is 0 Å². The van der Waals surface area contributed by atoms with Gasteiger partial charge in [0.25, 0.3) is 5.91 Å². The van der Waals surface area contributed by atoms with Crippen LogP contribution in [0.25, 0.3) is 11.4 Å². The zero-order valence-electron chi connectivity index (χ0n) is 16.7. The Morgan fingerprint density at radius 3 is 2.77 bits per heavy atom. The first-order valence-electron chi connectivity index (χ1n) is 9.75. The molecule has 2 heterocycles. The van der Waals surface area contributed by atoms with Gasteiger partial charge in [-0.25, -0.2) is 0 Å². The van der Waals surface area contributed by atoms with Crippen molar-refractivity contribution in [1.29, 1.82) is 0 Å². The lowest BCUT2D eigenvalue weighted by atomic mass is 10.0. The van der Waals surface area contributed by atoms with Crippen LogP contribution < -0.4 is 16.0 Å². The smallest absolute Gasteiger partial charge is 0.253 e. The third-order valence-corrected chi connectivity index (χ3v) is 4.77. The average molecular weight is 401 g/mol. The fraction of sp³-hybridized carbons (Fsp3) is 0.182. The second-order valence-electron chi connectivity index (χ2n) is 6.90. The van der Waals surface area contributed by atoms with E-state index in [1.165, 1.54) is 4.80 Å². The van der Waals surface area contributed by atoms with Gasteiger partial charge in [-0.05, 0) is 37.1 Å². The van der Waals surface area contributed by atoms with Crippen LogP contribution in [0.3, 0.4) is 0 Å². The van der Waals surface area contributed by atoms with Crippen molar-refractivity contribution in [2.24, 2.45) is 4.99 Å². The van der Waals surface area contributed by atoms with Gasteiger partial charge in [0.05, 0.1) is 29.3 Å². The van der Waals surface area contributed by atoms with E-state index in [1.807, 2.05) is 30.3 Å². The molecule has 1 amide bonds. The van der Waals surface area contributed by atoms with Crippen molar-refractivity contribution < 1.29 is 4.79 Å². The van der Waals surface area contributed by atoms with Gasteiger partial charge in [-0.3, -0.25) is 9.79 Å². The Bertz CT molecular complexity index is 1100. The van der Waals surface area contributed by atoms with Gasteiger partial charge in [-0.2, -0.15) is 15.0 Å². The first kappa shape index (κ1) is 19.4. The van der Waals surface area contributed by atoms with Crippen LogP contribution in [0.4, 0.5) is 5.69 Å². The van der Waals surface area contributed by atoms with Crippen molar-refractivity contribution in [1.82, 2.24) is 25.6 Å². The SMILES string of the molecule is C=C1NC(=NCCCNC(=O)c2ccccc2-n2nccn2)Nc2cccc(C)c21. The molecule has 0 spiro atoms. The summed E-state index contributed by atoms with van der Waals surface area (Å²) in [6.45, 7) is 7.22. The number of carbonyl (C=O) groups is 1. The average Bonchev–Trinajstić information content (AvgIpc) is 3.28. The summed E-state index contributed by atoms with van der Waals surface area (Å²) in [6, 6.07) is 13.3. The number of amides is 1. The third-order valence-electron chi connectivity index (χ3n) is 4.77. The van der Waals surface area contributed by atoms with Gasteiger partial charge in [0, 0.05) is 24.4 Å². The molecule has 1 aromatic heterocycles. The van der Waals surface area contributed by atoms with E-state index in [0.717, 1.165) is 22.5 Å². The molecule has 0 saturated carbocycles. The largest absolute Gasteiger partial charge is 0.352 e. The standard InChI is InChI=1S/C22H23N7O/c1-15-7-5-9-18-20(15)16(2)27-22(28-18)24-12-6-11-23-21(30)17-8-3-4-10-19(17)29-25-13-14-26-29/h3-5,7-10,13-14H,2,6,11-12H2,1H3,(H,23,30)(H2,24,27,28). The minimum atomic E-state index is -0.165. The lowest BCUT2D eigenvalue weighted by Crippen LogP contribution is -2.34. The Morgan fingerprint density at radius 2 is 1.93 bits per heavy atom. The molecule has 1 aliphatic heterocycles. The molecule has 0 bridgehead atoms. The van der Waals surface area contributed by atoms with Crippen LogP contribution in [-0.2, 0) is 0 Å². The number of anilines is 1. The van der Waals surface area contributed by atoms with Gasteiger partial charge in [-0.15, -0.1) is 0 Å². The number of hydrogen-bond donors (Lipinski definition) is 3. The van der Waals surface area contributed by atoms with E-state index in [0.29, 0.717) is 36.7 Å². The van der Waals surface area contributed by atoms with Gasteiger partial charge in [-0.1, -0.05) is 30.8 Å². The van der Waals surface area contributed by atoms with Gasteiger partial charge < -0.3 is 16.0 Å². The summed E-state index contributed by atoms with van der Waals surface area (Å²) >= 11 is 0. The molecule has 8 nitrogen and oxygen atoms in total. The van der Waals surface area contributed by atoms with Crippen LogP contribution in [-0.4, -0.2) is 40.0 Å². The number of fused-ring (bicyclic) bond motifs is 1. The molecule has 30 heavy (non-hydrogen) atoms. The third kappa shape index (κ3) is 4.07. The van der Waals surface area contributed by atoms with E-state index in [9.17, 15) is 4.79 Å². The lowest BCUT2D eigenvalue weighted by Gasteiger charge is -2.24. The van der Waals surface area contributed by atoms with Crippen LogP contribution >= 0.6 is 0 Å². The monoisotopic (exact) mass is 401 g/mol. The Kier molecular flexibility index (Phi) is 5.56. The number of hydrogen-bond acceptors (Lipinski definition) is 4. The van der Waals surface area contributed by atoms with Crippen molar-refractivity contribution in [3.63, 3.8) is 0 Å². The highest BCUT2D eigenvalue weighted by Gasteiger charge is 2.17. The fourth-order valence-corrected chi connectivity index (χ4v) is 3.36. The molecule has 0 unspecified atom stereocenters. The van der Waals surface area contributed by atoms with E-state index in [-0.39, 0.29) is 5.91 Å². The highest BCUT2D eigenvalue weighted by atomic mass is 16.1. The molecule has 0 aliphatic carbocycles. The van der Waals surface area contributed by atoms with Crippen LogP contribution in [0.1, 0.15) is 27.9 Å². The summed E-state index contributed by atoms with van der Waals surface area (Å²) in [7, 11) is 0. The number of nitrogens with zero attached hydrogens (tertiary/aromatic N) is 4. The van der Waals surface area contributed by atoms with Crippen molar-refractivity contribution in [2.75, 3.05) is 18.4 Å². The summed E-state index contributed by atoms with van der Waals surface area (Å²) in [4.78, 5) is 18.6.